The number of nitrogens with two attached hydrogens (primary N) is 1. The molecule has 1 fully saturated rings. The summed E-state index contributed by atoms with van der Waals surface area (Å²) >= 11 is 0. The van der Waals surface area contributed by atoms with Gasteiger partial charge in [-0.1, -0.05) is 0 Å². The average molecular weight is 283 g/mol. The number of alkyl halides is 3. The molecule has 1 rings (SSSR count). The van der Waals surface area contributed by atoms with Crippen LogP contribution in [0, 0.1) is 0 Å². The Hall–Kier alpha value is -0.860. The Kier molecular flexibility index (Phi) is 6.02. The first-order chi connectivity index (χ1) is 8.81. The molecule has 0 aromatic heterocycles. The zero-order valence-electron chi connectivity index (χ0n) is 10.9. The summed E-state index contributed by atoms with van der Waals surface area (Å²) in [6.45, 7) is -0.121. The van der Waals surface area contributed by atoms with E-state index in [0.717, 1.165) is 0 Å². The van der Waals surface area contributed by atoms with E-state index in [9.17, 15) is 18.0 Å². The number of piperidine rings is 1. The van der Waals surface area contributed by atoms with E-state index in [2.05, 4.69) is 5.32 Å². The number of hydrogen-bond acceptors (Lipinski definition) is 4. The second-order valence-corrected chi connectivity index (χ2v) is 4.74. The van der Waals surface area contributed by atoms with Crippen LogP contribution in [0.1, 0.15) is 12.8 Å². The third-order valence-electron chi connectivity index (χ3n) is 3.02. The molecule has 0 aromatic rings. The predicted molar refractivity (Wildman–Crippen MR) is 63.5 cm³/mol. The molecule has 5 nitrogen and oxygen atoms in total. The number of methoxy groups -OCH3 is 1. The van der Waals surface area contributed by atoms with Crippen molar-refractivity contribution in [1.82, 2.24) is 10.2 Å². The van der Waals surface area contributed by atoms with Gasteiger partial charge in [0.05, 0.1) is 13.2 Å². The maximum atomic E-state index is 12.2. The highest BCUT2D eigenvalue weighted by atomic mass is 19.4. The van der Waals surface area contributed by atoms with Crippen LogP contribution in [-0.2, 0) is 9.53 Å². The first-order valence-corrected chi connectivity index (χ1v) is 6.16. The topological polar surface area (TPSA) is 67.6 Å². The number of ether oxygens (including phenoxy) is 1. The summed E-state index contributed by atoms with van der Waals surface area (Å²) in [4.78, 5) is 12.9. The molecule has 1 saturated heterocycles. The summed E-state index contributed by atoms with van der Waals surface area (Å²) < 4.78 is 41.4. The molecule has 3 N–H and O–H groups in total. The summed E-state index contributed by atoms with van der Waals surface area (Å²) in [5.41, 5.74) is 5.56. The van der Waals surface area contributed by atoms with E-state index in [-0.39, 0.29) is 18.6 Å². The highest BCUT2D eigenvalue weighted by Crippen LogP contribution is 2.19. The van der Waals surface area contributed by atoms with Crippen molar-refractivity contribution in [1.29, 1.82) is 0 Å². The molecule has 8 heteroatoms. The highest BCUT2D eigenvalue weighted by Gasteiger charge is 2.32. The Morgan fingerprint density at radius 3 is 2.53 bits per heavy atom. The molecular weight excluding hydrogens is 263 g/mol. The Morgan fingerprint density at radius 2 is 2.05 bits per heavy atom. The van der Waals surface area contributed by atoms with Crippen LogP contribution in [0.5, 0.6) is 0 Å². The van der Waals surface area contributed by atoms with Gasteiger partial charge in [0, 0.05) is 26.2 Å². The van der Waals surface area contributed by atoms with Crippen molar-refractivity contribution in [3.63, 3.8) is 0 Å². The van der Waals surface area contributed by atoms with E-state index in [1.54, 1.807) is 0 Å². The molecular formula is C11H20F3N3O2. The number of likely N-dealkylation sites (tertiary alicyclic amines) is 1. The minimum atomic E-state index is -4.17. The molecule has 0 aliphatic carbocycles. The van der Waals surface area contributed by atoms with E-state index in [1.807, 2.05) is 0 Å². The fourth-order valence-electron chi connectivity index (χ4n) is 2.05. The second-order valence-electron chi connectivity index (χ2n) is 4.74. The second kappa shape index (κ2) is 7.06. The largest absolute Gasteiger partial charge is 0.401 e. The Bertz CT molecular complexity index is 291. The quantitative estimate of drug-likeness (QED) is 0.751. The number of amides is 1. The van der Waals surface area contributed by atoms with Crippen LogP contribution in [-0.4, -0.2) is 62.4 Å². The van der Waals surface area contributed by atoms with Gasteiger partial charge in [0.2, 0.25) is 5.91 Å². The minimum Gasteiger partial charge on any atom is -0.383 e. The Morgan fingerprint density at radius 1 is 1.47 bits per heavy atom. The molecule has 0 bridgehead atoms. The van der Waals surface area contributed by atoms with Crippen LogP contribution in [0.4, 0.5) is 13.2 Å². The lowest BCUT2D eigenvalue weighted by Crippen LogP contribution is -2.51. The van der Waals surface area contributed by atoms with Crippen LogP contribution >= 0.6 is 0 Å². The molecule has 1 atom stereocenters. The molecule has 1 aliphatic heterocycles. The number of carbonyl (C=O) groups is 1. The van der Waals surface area contributed by atoms with Gasteiger partial charge < -0.3 is 15.8 Å². The fraction of sp³-hybridized carbons (Fsp3) is 0.909. The van der Waals surface area contributed by atoms with Gasteiger partial charge in [-0.2, -0.15) is 13.2 Å². The summed E-state index contributed by atoms with van der Waals surface area (Å²) in [5.74, 6) is -0.323. The average Bonchev–Trinajstić information content (AvgIpc) is 2.30. The molecule has 19 heavy (non-hydrogen) atoms. The van der Waals surface area contributed by atoms with Gasteiger partial charge in [0.25, 0.3) is 0 Å². The van der Waals surface area contributed by atoms with E-state index in [1.165, 1.54) is 12.0 Å². The van der Waals surface area contributed by atoms with Crippen molar-refractivity contribution in [3.05, 3.63) is 0 Å². The smallest absolute Gasteiger partial charge is 0.383 e. The molecule has 112 valence electrons. The van der Waals surface area contributed by atoms with Gasteiger partial charge in [-0.15, -0.1) is 0 Å². The van der Waals surface area contributed by atoms with Crippen LogP contribution in [0.2, 0.25) is 0 Å². The number of nitrogens with zero attached hydrogens (tertiary/aromatic N) is 1. The molecule has 1 amide bonds. The molecule has 1 heterocycles. The number of halogens is 3. The van der Waals surface area contributed by atoms with Crippen molar-refractivity contribution < 1.29 is 22.7 Å². The SMILES string of the molecule is COCC(N)C(=O)NC1CCN(CC(F)(F)F)CC1. The van der Waals surface area contributed by atoms with E-state index < -0.39 is 18.8 Å². The van der Waals surface area contributed by atoms with Crippen molar-refractivity contribution in [3.8, 4) is 0 Å². The molecule has 0 radical (unpaired) electrons. The summed E-state index contributed by atoms with van der Waals surface area (Å²) in [7, 11) is 1.45. The Labute approximate surface area is 110 Å². The molecule has 1 aliphatic rings. The first-order valence-electron chi connectivity index (χ1n) is 6.16. The van der Waals surface area contributed by atoms with Crippen LogP contribution in [0.3, 0.4) is 0 Å². The van der Waals surface area contributed by atoms with Crippen LogP contribution in [0.15, 0.2) is 0 Å². The summed E-state index contributed by atoms with van der Waals surface area (Å²) in [6.07, 6.45) is -3.17. The first kappa shape index (κ1) is 16.2. The van der Waals surface area contributed by atoms with Crippen LogP contribution < -0.4 is 11.1 Å². The van der Waals surface area contributed by atoms with Gasteiger partial charge in [-0.05, 0) is 12.8 Å². The molecule has 0 spiro atoms. The van der Waals surface area contributed by atoms with Gasteiger partial charge in [0.15, 0.2) is 0 Å². The normalized spacial score (nSPS) is 20.3. The molecule has 0 aromatic carbocycles. The zero-order valence-corrected chi connectivity index (χ0v) is 10.9. The number of nitrogens with one attached hydrogen (secondary N) is 1. The Balaban J connectivity index is 2.28. The number of rotatable bonds is 5. The lowest BCUT2D eigenvalue weighted by atomic mass is 10.0. The minimum absolute atomic E-state index is 0.111. The lowest BCUT2D eigenvalue weighted by molar-refractivity contribution is -0.148. The summed E-state index contributed by atoms with van der Waals surface area (Å²) in [6, 6.07) is -0.849. The zero-order chi connectivity index (χ0) is 14.5. The van der Waals surface area contributed by atoms with Crippen molar-refractivity contribution in [2.24, 2.45) is 5.73 Å². The highest BCUT2D eigenvalue weighted by molar-refractivity contribution is 5.81. The summed E-state index contributed by atoms with van der Waals surface area (Å²) in [5, 5.41) is 2.73. The predicted octanol–water partition coefficient (Wildman–Crippen LogP) is 0.103. The standard InChI is InChI=1S/C11H20F3N3O2/c1-19-6-9(15)10(18)16-8-2-4-17(5-3-8)7-11(12,13)14/h8-9H,2-7,15H2,1H3,(H,16,18). The van der Waals surface area contributed by atoms with E-state index in [4.69, 9.17) is 10.5 Å². The fourth-order valence-corrected chi connectivity index (χ4v) is 2.05. The van der Waals surface area contributed by atoms with Crippen molar-refractivity contribution >= 4 is 5.91 Å². The third kappa shape index (κ3) is 6.22. The molecule has 1 unspecified atom stereocenters. The van der Waals surface area contributed by atoms with Crippen molar-refractivity contribution in [2.45, 2.75) is 31.1 Å². The lowest BCUT2D eigenvalue weighted by Gasteiger charge is -2.33. The van der Waals surface area contributed by atoms with Gasteiger partial charge in [0.1, 0.15) is 6.04 Å². The number of hydrogen-bond donors (Lipinski definition) is 2. The third-order valence-corrected chi connectivity index (χ3v) is 3.02. The van der Waals surface area contributed by atoms with Gasteiger partial charge in [-0.3, -0.25) is 9.69 Å². The van der Waals surface area contributed by atoms with Gasteiger partial charge in [-0.25, -0.2) is 0 Å². The monoisotopic (exact) mass is 283 g/mol. The van der Waals surface area contributed by atoms with Crippen molar-refractivity contribution in [2.75, 3.05) is 33.4 Å². The van der Waals surface area contributed by atoms with E-state index in [0.29, 0.717) is 25.9 Å². The van der Waals surface area contributed by atoms with Crippen LogP contribution in [0.25, 0.3) is 0 Å². The van der Waals surface area contributed by atoms with E-state index >= 15 is 0 Å². The maximum Gasteiger partial charge on any atom is 0.401 e. The molecule has 0 saturated carbocycles. The maximum absolute atomic E-state index is 12.2. The number of carbonyl (C=O) groups excluding carboxylic acids is 1. The van der Waals surface area contributed by atoms with Gasteiger partial charge >= 0.3 is 6.18 Å².